The van der Waals surface area contributed by atoms with Gasteiger partial charge in [-0.1, -0.05) is 29.8 Å². The van der Waals surface area contributed by atoms with Gasteiger partial charge in [-0.05, 0) is 67.5 Å². The summed E-state index contributed by atoms with van der Waals surface area (Å²) in [5.74, 6) is 1.04. The SMILES string of the molecule is [2H]C([2H])(Oc1cccc(C2=CCC(Cc3nc4ccc(C(=O)OC)cc4n3C[C@@H]3CCO3)CC2)n1)c1ccc(Cl)c2cc(F)oc12. The molecule has 4 heterocycles. The topological polar surface area (TPSA) is 88.6 Å². The molecule has 0 bridgehead atoms. The molecule has 1 aliphatic carbocycles. The van der Waals surface area contributed by atoms with Gasteiger partial charge in [0.05, 0.1) is 49.8 Å². The zero-order chi connectivity index (χ0) is 32.0. The number of pyridine rings is 1. The van der Waals surface area contributed by atoms with E-state index in [-0.39, 0.29) is 39.5 Å². The largest absolute Gasteiger partial charge is 0.473 e. The number of rotatable bonds is 9. The first kappa shape index (κ1) is 26.2. The molecule has 226 valence electrons. The maximum atomic E-state index is 13.9. The van der Waals surface area contributed by atoms with Crippen molar-refractivity contribution in [1.82, 2.24) is 14.5 Å². The summed E-state index contributed by atoms with van der Waals surface area (Å²) in [7, 11) is 1.38. The van der Waals surface area contributed by atoms with Crippen molar-refractivity contribution in [2.45, 2.75) is 51.3 Å². The molecule has 5 aromatic rings. The van der Waals surface area contributed by atoms with Crippen LogP contribution < -0.4 is 4.74 Å². The van der Waals surface area contributed by atoms with Gasteiger partial charge in [0.25, 0.3) is 6.01 Å². The molecule has 1 fully saturated rings. The molecule has 2 aromatic carbocycles. The molecule has 2 aliphatic rings. The number of nitrogens with zero attached hydrogens (tertiary/aromatic N) is 3. The first-order valence-corrected chi connectivity index (χ1v) is 15.0. The molecule has 3 aromatic heterocycles. The van der Waals surface area contributed by atoms with Gasteiger partial charge in [-0.2, -0.15) is 4.39 Å². The number of carbonyl (C=O) groups excluding carboxylic acids is 1. The molecule has 1 aliphatic heterocycles. The zero-order valence-electron chi connectivity index (χ0n) is 26.0. The molecule has 1 unspecified atom stereocenters. The number of furan rings is 1. The van der Waals surface area contributed by atoms with Gasteiger partial charge in [0, 0.05) is 36.1 Å². The van der Waals surface area contributed by atoms with Crippen molar-refractivity contribution in [2.75, 3.05) is 13.7 Å². The number of hydrogen-bond donors (Lipinski definition) is 0. The van der Waals surface area contributed by atoms with Gasteiger partial charge >= 0.3 is 5.97 Å². The van der Waals surface area contributed by atoms with Gasteiger partial charge < -0.3 is 23.2 Å². The van der Waals surface area contributed by atoms with E-state index in [4.69, 9.17) is 38.0 Å². The molecular formula is C34H31ClFN3O5. The predicted octanol–water partition coefficient (Wildman–Crippen LogP) is 7.55. The molecule has 0 saturated carbocycles. The Morgan fingerprint density at radius 1 is 1.18 bits per heavy atom. The number of esters is 1. The average molecular weight is 618 g/mol. The second-order valence-electron chi connectivity index (χ2n) is 11.1. The van der Waals surface area contributed by atoms with E-state index >= 15 is 0 Å². The van der Waals surface area contributed by atoms with Crippen molar-refractivity contribution in [3.05, 3.63) is 94.4 Å². The lowest BCUT2D eigenvalue weighted by molar-refractivity contribution is -0.0590. The van der Waals surface area contributed by atoms with Crippen LogP contribution in [0.5, 0.6) is 5.88 Å². The smallest absolute Gasteiger partial charge is 0.337 e. The number of halogens is 2. The maximum absolute atomic E-state index is 13.9. The van der Waals surface area contributed by atoms with E-state index < -0.39 is 12.6 Å². The Labute approximate surface area is 261 Å². The molecule has 0 amide bonds. The Morgan fingerprint density at radius 2 is 2.07 bits per heavy atom. The summed E-state index contributed by atoms with van der Waals surface area (Å²) in [5, 5.41) is 0.521. The Bertz CT molecular complexity index is 1990. The number of imidazole rings is 1. The van der Waals surface area contributed by atoms with Crippen LogP contribution in [0.1, 0.15) is 55.9 Å². The number of benzene rings is 2. The van der Waals surface area contributed by atoms with Crippen molar-refractivity contribution in [3.8, 4) is 5.88 Å². The fraction of sp³-hybridized carbons (Fsp3) is 0.324. The molecular weight excluding hydrogens is 585 g/mol. The molecule has 0 radical (unpaired) electrons. The van der Waals surface area contributed by atoms with Crippen LogP contribution in [-0.2, 0) is 29.0 Å². The number of aromatic nitrogens is 3. The number of ether oxygens (including phenoxy) is 3. The Morgan fingerprint density at radius 3 is 2.84 bits per heavy atom. The van der Waals surface area contributed by atoms with E-state index in [0.29, 0.717) is 23.7 Å². The van der Waals surface area contributed by atoms with Crippen LogP contribution in [0, 0.1) is 11.9 Å². The Hall–Kier alpha value is -4.21. The van der Waals surface area contributed by atoms with E-state index in [0.717, 1.165) is 67.2 Å². The molecule has 1 saturated heterocycles. The van der Waals surface area contributed by atoms with Crippen LogP contribution in [-0.4, -0.2) is 40.3 Å². The summed E-state index contributed by atoms with van der Waals surface area (Å²) in [6, 6.07) is 13.9. The third-order valence-corrected chi connectivity index (χ3v) is 8.67. The molecule has 7 rings (SSSR count). The van der Waals surface area contributed by atoms with Crippen LogP contribution in [0.25, 0.3) is 27.6 Å². The first-order valence-electron chi connectivity index (χ1n) is 15.6. The molecule has 8 nitrogen and oxygen atoms in total. The zero-order valence-corrected chi connectivity index (χ0v) is 24.8. The second-order valence-corrected chi connectivity index (χ2v) is 11.5. The molecule has 10 heteroatoms. The molecule has 0 spiro atoms. The van der Waals surface area contributed by atoms with Crippen LogP contribution >= 0.6 is 11.6 Å². The van der Waals surface area contributed by atoms with E-state index in [1.807, 2.05) is 18.2 Å². The number of fused-ring (bicyclic) bond motifs is 2. The van der Waals surface area contributed by atoms with Crippen LogP contribution in [0.4, 0.5) is 4.39 Å². The monoisotopic (exact) mass is 617 g/mol. The summed E-state index contributed by atoms with van der Waals surface area (Å²) in [5.41, 5.74) is 4.00. The number of carbonyl (C=O) groups is 1. The van der Waals surface area contributed by atoms with Gasteiger partial charge in [-0.25, -0.2) is 14.8 Å². The Balaban J connectivity index is 1.08. The van der Waals surface area contributed by atoms with Crippen molar-refractivity contribution in [2.24, 2.45) is 5.92 Å². The molecule has 44 heavy (non-hydrogen) atoms. The van der Waals surface area contributed by atoms with E-state index in [1.165, 1.54) is 19.2 Å². The van der Waals surface area contributed by atoms with Gasteiger partial charge in [0.1, 0.15) is 18.0 Å². The lowest BCUT2D eigenvalue weighted by Crippen LogP contribution is -2.32. The van der Waals surface area contributed by atoms with E-state index in [2.05, 4.69) is 15.6 Å². The van der Waals surface area contributed by atoms with Crippen LogP contribution in [0.2, 0.25) is 5.02 Å². The fourth-order valence-electron chi connectivity index (χ4n) is 5.87. The lowest BCUT2D eigenvalue weighted by atomic mass is 9.86. The minimum atomic E-state index is -2.36. The standard InChI is InChI=1S/C34H31ClFN3O5/c1-41-34(40)22-10-12-28-29(16-22)39(18-24-13-14-42-24)31(37-28)15-20-5-7-21(8-6-20)27-3-2-4-32(38-27)43-19-23-9-11-26(35)25-17-30(36)44-33(23)25/h2-4,7,9-12,16-17,20,24H,5-6,8,13-15,18-19H2,1H3/t20?,24-/m0/s1/i19D2. The maximum Gasteiger partial charge on any atom is 0.337 e. The minimum absolute atomic E-state index is 0.00941. The third-order valence-electron chi connectivity index (χ3n) is 8.34. The number of allylic oxidation sites excluding steroid dienone is 2. The van der Waals surface area contributed by atoms with Gasteiger partial charge in [-0.3, -0.25) is 0 Å². The van der Waals surface area contributed by atoms with Crippen molar-refractivity contribution in [3.63, 3.8) is 0 Å². The summed E-state index contributed by atoms with van der Waals surface area (Å²) in [4.78, 5) is 21.8. The predicted molar refractivity (Wildman–Crippen MR) is 164 cm³/mol. The van der Waals surface area contributed by atoms with Gasteiger partial charge in [0.2, 0.25) is 5.88 Å². The third kappa shape index (κ3) is 5.69. The van der Waals surface area contributed by atoms with E-state index in [1.54, 1.807) is 18.2 Å². The second kappa shape index (κ2) is 12.1. The van der Waals surface area contributed by atoms with Gasteiger partial charge in [0.15, 0.2) is 0 Å². The number of hydrogen-bond acceptors (Lipinski definition) is 7. The molecule has 0 N–H and O–H groups in total. The van der Waals surface area contributed by atoms with E-state index in [9.17, 15) is 9.18 Å². The summed E-state index contributed by atoms with van der Waals surface area (Å²) >= 11 is 6.16. The van der Waals surface area contributed by atoms with Crippen LogP contribution in [0.3, 0.4) is 0 Å². The summed E-state index contributed by atoms with van der Waals surface area (Å²) in [6.07, 6.45) is 6.62. The van der Waals surface area contributed by atoms with Crippen molar-refractivity contribution < 1.29 is 30.6 Å². The van der Waals surface area contributed by atoms with Crippen molar-refractivity contribution in [1.29, 1.82) is 0 Å². The van der Waals surface area contributed by atoms with Crippen molar-refractivity contribution >= 4 is 45.1 Å². The fourth-order valence-corrected chi connectivity index (χ4v) is 6.08. The quantitative estimate of drug-likeness (QED) is 0.158. The summed E-state index contributed by atoms with van der Waals surface area (Å²) < 4.78 is 54.7. The van der Waals surface area contributed by atoms with Gasteiger partial charge in [-0.15, -0.1) is 0 Å². The van der Waals surface area contributed by atoms with Crippen LogP contribution in [0.15, 0.2) is 65.1 Å². The summed E-state index contributed by atoms with van der Waals surface area (Å²) in [6.45, 7) is -0.917. The number of methoxy groups -OCH3 is 1. The first-order chi connectivity index (χ1) is 22.2. The molecule has 2 atom stereocenters. The minimum Gasteiger partial charge on any atom is -0.473 e. The highest BCUT2D eigenvalue weighted by molar-refractivity contribution is 6.35. The lowest BCUT2D eigenvalue weighted by Gasteiger charge is -2.28. The highest BCUT2D eigenvalue weighted by Gasteiger charge is 2.25. The Kier molecular flexibility index (Phi) is 7.18. The highest BCUT2D eigenvalue weighted by atomic mass is 35.5. The average Bonchev–Trinajstić information content (AvgIpc) is 3.58. The highest BCUT2D eigenvalue weighted by Crippen LogP contribution is 2.34. The normalized spacial score (nSPS) is 19.3.